The van der Waals surface area contributed by atoms with Gasteiger partial charge in [0.05, 0.1) is 22.6 Å². The van der Waals surface area contributed by atoms with Gasteiger partial charge in [0.1, 0.15) is 6.20 Å². The minimum atomic E-state index is -0.782. The Hall–Kier alpha value is -2.44. The Morgan fingerprint density at radius 3 is 3.05 bits per heavy atom. The zero-order valence-electron chi connectivity index (χ0n) is 10.7. The number of azide groups is 1. The quantitative estimate of drug-likeness (QED) is 0.299. The van der Waals surface area contributed by atoms with Gasteiger partial charge in [0.25, 0.3) is 5.69 Å². The average molecular weight is 275 g/mol. The van der Waals surface area contributed by atoms with Crippen molar-refractivity contribution in [3.63, 3.8) is 0 Å². The molecule has 0 unspecified atom stereocenters. The van der Waals surface area contributed by atoms with Crippen LogP contribution in [0.3, 0.4) is 0 Å². The van der Waals surface area contributed by atoms with Gasteiger partial charge in [-0.3, -0.25) is 15.1 Å². The van der Waals surface area contributed by atoms with E-state index in [2.05, 4.69) is 15.0 Å². The molecule has 1 heterocycles. The van der Waals surface area contributed by atoms with Crippen molar-refractivity contribution >= 4 is 11.3 Å². The normalized spacial score (nSPS) is 25.5. The van der Waals surface area contributed by atoms with Crippen molar-refractivity contribution in [2.45, 2.75) is 25.5 Å². The lowest BCUT2D eigenvalue weighted by Gasteiger charge is -2.29. The number of aliphatic hydroxyl groups excluding tert-OH is 1. The number of aliphatic hydroxyl groups is 1. The van der Waals surface area contributed by atoms with Crippen molar-refractivity contribution in [1.82, 2.24) is 4.98 Å². The molecule has 1 N–H and O–H groups in total. The zero-order chi connectivity index (χ0) is 14.7. The predicted molar refractivity (Wildman–Crippen MR) is 71.6 cm³/mol. The van der Waals surface area contributed by atoms with Gasteiger partial charge < -0.3 is 5.11 Å². The van der Waals surface area contributed by atoms with Crippen LogP contribution in [0, 0.1) is 16.0 Å². The number of nitro groups is 1. The Morgan fingerprint density at radius 1 is 1.65 bits per heavy atom. The molecule has 0 spiro atoms. The summed E-state index contributed by atoms with van der Waals surface area (Å²) in [5.74, 6) is -0.154. The second-order valence-electron chi connectivity index (χ2n) is 4.71. The van der Waals surface area contributed by atoms with E-state index in [9.17, 15) is 15.2 Å². The molecule has 8 heteroatoms. The molecule has 104 valence electrons. The Morgan fingerprint density at radius 2 is 2.40 bits per heavy atom. The van der Waals surface area contributed by atoms with Crippen LogP contribution < -0.4 is 0 Å². The predicted octanol–water partition coefficient (Wildman–Crippen LogP) is 2.45. The van der Waals surface area contributed by atoms with Gasteiger partial charge in [-0.2, -0.15) is 0 Å². The second kappa shape index (κ2) is 5.68. The van der Waals surface area contributed by atoms with Crippen molar-refractivity contribution in [2.24, 2.45) is 11.0 Å². The summed E-state index contributed by atoms with van der Waals surface area (Å²) in [5.41, 5.74) is 9.56. The highest BCUT2D eigenvalue weighted by Gasteiger charge is 2.30. The van der Waals surface area contributed by atoms with Gasteiger partial charge in [-0.25, -0.2) is 0 Å². The van der Waals surface area contributed by atoms with E-state index in [0.29, 0.717) is 17.6 Å². The van der Waals surface area contributed by atoms with Crippen LogP contribution in [0.15, 0.2) is 29.7 Å². The molecular formula is C12H13N5O3. The molecule has 1 aliphatic carbocycles. The Labute approximate surface area is 114 Å². The molecular weight excluding hydrogens is 262 g/mol. The molecule has 0 saturated carbocycles. The van der Waals surface area contributed by atoms with E-state index in [1.165, 1.54) is 12.4 Å². The van der Waals surface area contributed by atoms with Gasteiger partial charge in [-0.1, -0.05) is 18.1 Å². The Bertz CT molecular complexity index is 609. The molecule has 20 heavy (non-hydrogen) atoms. The summed E-state index contributed by atoms with van der Waals surface area (Å²) in [7, 11) is 0. The van der Waals surface area contributed by atoms with Gasteiger partial charge in [0.15, 0.2) is 0 Å². The van der Waals surface area contributed by atoms with Gasteiger partial charge in [0.2, 0.25) is 0 Å². The zero-order valence-corrected chi connectivity index (χ0v) is 10.7. The number of pyridine rings is 1. The van der Waals surface area contributed by atoms with E-state index in [-0.39, 0.29) is 11.6 Å². The number of rotatable bonds is 3. The van der Waals surface area contributed by atoms with Crippen molar-refractivity contribution in [3.8, 4) is 0 Å². The topological polar surface area (TPSA) is 125 Å². The van der Waals surface area contributed by atoms with E-state index in [0.717, 1.165) is 0 Å². The van der Waals surface area contributed by atoms with E-state index in [4.69, 9.17) is 5.53 Å². The summed E-state index contributed by atoms with van der Waals surface area (Å²) in [5, 5.41) is 24.5. The fourth-order valence-corrected chi connectivity index (χ4v) is 2.34. The number of aromatic nitrogens is 1. The molecule has 0 amide bonds. The van der Waals surface area contributed by atoms with Crippen molar-refractivity contribution in [2.75, 3.05) is 0 Å². The summed E-state index contributed by atoms with van der Waals surface area (Å²) in [6.07, 6.45) is 3.95. The first-order valence-corrected chi connectivity index (χ1v) is 6.06. The number of nitrogens with zero attached hydrogens (tertiary/aromatic N) is 5. The highest BCUT2D eigenvalue weighted by Crippen LogP contribution is 2.35. The molecule has 2 rings (SSSR count). The molecule has 0 aliphatic heterocycles. The lowest BCUT2D eigenvalue weighted by atomic mass is 9.82. The van der Waals surface area contributed by atoms with Crippen LogP contribution >= 0.6 is 0 Å². The van der Waals surface area contributed by atoms with Crippen molar-refractivity contribution in [3.05, 3.63) is 50.7 Å². The molecule has 0 aromatic carbocycles. The maximum atomic E-state index is 11.0. The average Bonchev–Trinajstić information content (AvgIpc) is 2.43. The maximum Gasteiger partial charge on any atom is 0.294 e. The number of allylic oxidation sites excluding steroid dienone is 1. The van der Waals surface area contributed by atoms with E-state index >= 15 is 0 Å². The molecule has 1 aromatic rings. The second-order valence-corrected chi connectivity index (χ2v) is 4.71. The third kappa shape index (κ3) is 2.61. The van der Waals surface area contributed by atoms with Crippen LogP contribution in [0.5, 0.6) is 0 Å². The van der Waals surface area contributed by atoms with Crippen LogP contribution in [-0.2, 0) is 0 Å². The van der Waals surface area contributed by atoms with Crippen LogP contribution in [0.4, 0.5) is 5.69 Å². The lowest BCUT2D eigenvalue weighted by molar-refractivity contribution is -0.385. The highest BCUT2D eigenvalue weighted by molar-refractivity contribution is 5.73. The fourth-order valence-electron chi connectivity index (χ4n) is 2.34. The van der Waals surface area contributed by atoms with Gasteiger partial charge in [-0.15, -0.1) is 0 Å². The van der Waals surface area contributed by atoms with E-state index in [1.54, 1.807) is 12.1 Å². The van der Waals surface area contributed by atoms with E-state index in [1.807, 2.05) is 6.92 Å². The largest absolute Gasteiger partial charge is 0.392 e. The summed E-state index contributed by atoms with van der Waals surface area (Å²) < 4.78 is 0. The van der Waals surface area contributed by atoms with Crippen molar-refractivity contribution in [1.29, 1.82) is 0 Å². The summed E-state index contributed by atoms with van der Waals surface area (Å²) in [6.45, 7) is 1.81. The van der Waals surface area contributed by atoms with Crippen LogP contribution in [-0.4, -0.2) is 27.2 Å². The monoisotopic (exact) mass is 275 g/mol. The van der Waals surface area contributed by atoms with Crippen LogP contribution in [0.2, 0.25) is 0 Å². The molecule has 3 atom stereocenters. The van der Waals surface area contributed by atoms with Gasteiger partial charge in [0, 0.05) is 11.1 Å². The Kier molecular flexibility index (Phi) is 3.97. The first kappa shape index (κ1) is 14.0. The summed E-state index contributed by atoms with van der Waals surface area (Å²) >= 11 is 0. The smallest absolute Gasteiger partial charge is 0.294 e. The minimum absolute atomic E-state index is 0.0953. The SMILES string of the molecule is C[C@H]1CC(c2ccncc2[N+](=O)[O-])=C[C@@H](N=[N+]=[N-])[C@@H]1O. The fraction of sp³-hybridized carbons (Fsp3) is 0.417. The molecule has 0 bridgehead atoms. The first-order valence-electron chi connectivity index (χ1n) is 6.06. The molecule has 1 aromatic heterocycles. The molecule has 8 nitrogen and oxygen atoms in total. The molecule has 0 saturated heterocycles. The number of hydrogen-bond acceptors (Lipinski definition) is 5. The van der Waals surface area contributed by atoms with Crippen LogP contribution in [0.25, 0.3) is 16.0 Å². The molecule has 0 fully saturated rings. The van der Waals surface area contributed by atoms with Gasteiger partial charge >= 0.3 is 0 Å². The third-order valence-electron chi connectivity index (χ3n) is 3.37. The molecule has 1 aliphatic rings. The van der Waals surface area contributed by atoms with E-state index < -0.39 is 17.1 Å². The minimum Gasteiger partial charge on any atom is -0.392 e. The third-order valence-corrected chi connectivity index (χ3v) is 3.37. The van der Waals surface area contributed by atoms with Crippen molar-refractivity contribution < 1.29 is 10.0 Å². The highest BCUT2D eigenvalue weighted by atomic mass is 16.6. The Balaban J connectivity index is 2.49. The maximum absolute atomic E-state index is 11.0. The van der Waals surface area contributed by atoms with Gasteiger partial charge in [-0.05, 0) is 29.5 Å². The first-order chi connectivity index (χ1) is 9.54. The summed E-state index contributed by atoms with van der Waals surface area (Å²) in [6, 6.07) is 0.841. The standard InChI is InChI=1S/C12H13N5O3/c1-7-4-8(5-10(12(7)18)15-16-13)9-2-3-14-6-11(9)17(19)20/h2-3,5-7,10,12,18H,4H2,1H3/t7-,10+,12+/m0/s1. The number of hydrogen-bond donors (Lipinski definition) is 1. The van der Waals surface area contributed by atoms with Crippen LogP contribution in [0.1, 0.15) is 18.9 Å². The lowest BCUT2D eigenvalue weighted by Crippen LogP contribution is -2.33. The summed E-state index contributed by atoms with van der Waals surface area (Å²) in [4.78, 5) is 17.0. The molecule has 0 radical (unpaired) electrons.